The third-order valence-electron chi connectivity index (χ3n) is 1.72. The van der Waals surface area contributed by atoms with Gasteiger partial charge >= 0.3 is 0 Å². The van der Waals surface area contributed by atoms with E-state index in [2.05, 4.69) is 4.98 Å². The van der Waals surface area contributed by atoms with Crippen LogP contribution in [0.1, 0.15) is 17.7 Å². The quantitative estimate of drug-likeness (QED) is 0.818. The molecule has 0 bridgehead atoms. The summed E-state index contributed by atoms with van der Waals surface area (Å²) in [6.45, 7) is 1.18. The highest BCUT2D eigenvalue weighted by molar-refractivity contribution is 8.13. The molecule has 0 fully saturated rings. The van der Waals surface area contributed by atoms with Crippen molar-refractivity contribution >= 4 is 19.7 Å². The highest BCUT2D eigenvalue weighted by Gasteiger charge is 2.20. The number of aromatic amines is 1. The molecule has 1 rings (SSSR count). The standard InChI is InChI=1S/C7H6ClF2NO3S/c1-3-6(7(9)10)4(12)2-5(11-3)15(8,13)14/h2,7H,1H3,(H,11,12). The molecule has 15 heavy (non-hydrogen) atoms. The number of rotatable bonds is 2. The first-order valence-electron chi connectivity index (χ1n) is 3.70. The molecule has 84 valence electrons. The molecule has 1 N–H and O–H groups in total. The van der Waals surface area contributed by atoms with Gasteiger partial charge in [-0.2, -0.15) is 0 Å². The van der Waals surface area contributed by atoms with Crippen LogP contribution in [0.5, 0.6) is 0 Å². The van der Waals surface area contributed by atoms with Gasteiger partial charge < -0.3 is 4.98 Å². The molecule has 0 amide bonds. The molecular formula is C7H6ClF2NO3S. The zero-order chi connectivity index (χ0) is 11.8. The van der Waals surface area contributed by atoms with Crippen molar-refractivity contribution in [2.75, 3.05) is 0 Å². The molecule has 0 aliphatic rings. The number of aromatic nitrogens is 1. The lowest BCUT2D eigenvalue weighted by atomic mass is 10.2. The number of hydrogen-bond acceptors (Lipinski definition) is 3. The van der Waals surface area contributed by atoms with Gasteiger partial charge in [-0.1, -0.05) is 0 Å². The van der Waals surface area contributed by atoms with Crippen LogP contribution in [-0.2, 0) is 9.05 Å². The van der Waals surface area contributed by atoms with Gasteiger partial charge in [-0.05, 0) is 6.92 Å². The first-order valence-corrected chi connectivity index (χ1v) is 6.01. The van der Waals surface area contributed by atoms with E-state index in [0.29, 0.717) is 6.07 Å². The molecule has 0 spiro atoms. The predicted octanol–water partition coefficient (Wildman–Crippen LogP) is 1.55. The number of H-pyrrole nitrogens is 1. The maximum absolute atomic E-state index is 12.3. The summed E-state index contributed by atoms with van der Waals surface area (Å²) < 4.78 is 46.3. The van der Waals surface area contributed by atoms with Crippen LogP contribution in [0.3, 0.4) is 0 Å². The first-order chi connectivity index (χ1) is 6.73. The molecule has 0 saturated carbocycles. The van der Waals surface area contributed by atoms with Crippen LogP contribution in [0.25, 0.3) is 0 Å². The lowest BCUT2D eigenvalue weighted by Crippen LogP contribution is -2.15. The smallest absolute Gasteiger partial charge is 0.276 e. The Morgan fingerprint density at radius 1 is 1.47 bits per heavy atom. The van der Waals surface area contributed by atoms with Gasteiger partial charge in [0.2, 0.25) is 0 Å². The van der Waals surface area contributed by atoms with Gasteiger partial charge in [0, 0.05) is 22.4 Å². The van der Waals surface area contributed by atoms with Crippen molar-refractivity contribution in [1.29, 1.82) is 0 Å². The highest BCUT2D eigenvalue weighted by atomic mass is 35.7. The van der Waals surface area contributed by atoms with Gasteiger partial charge in [-0.3, -0.25) is 4.79 Å². The molecule has 1 aromatic rings. The summed E-state index contributed by atoms with van der Waals surface area (Å²) in [4.78, 5) is 13.3. The third kappa shape index (κ3) is 2.54. The van der Waals surface area contributed by atoms with Crippen LogP contribution in [0.15, 0.2) is 15.9 Å². The topological polar surface area (TPSA) is 67.0 Å². The van der Waals surface area contributed by atoms with Crippen LogP contribution < -0.4 is 5.43 Å². The van der Waals surface area contributed by atoms with Crippen LogP contribution in [-0.4, -0.2) is 13.4 Å². The molecule has 0 aliphatic carbocycles. The Morgan fingerprint density at radius 3 is 2.33 bits per heavy atom. The van der Waals surface area contributed by atoms with E-state index in [1.165, 1.54) is 6.92 Å². The second-order valence-electron chi connectivity index (χ2n) is 2.78. The highest BCUT2D eigenvalue weighted by Crippen LogP contribution is 2.19. The number of hydrogen-bond donors (Lipinski definition) is 1. The first kappa shape index (κ1) is 12.1. The molecule has 0 unspecified atom stereocenters. The minimum Gasteiger partial charge on any atom is -0.348 e. The maximum Gasteiger partial charge on any atom is 0.276 e. The average molecular weight is 258 g/mol. The van der Waals surface area contributed by atoms with Crippen molar-refractivity contribution in [3.63, 3.8) is 0 Å². The van der Waals surface area contributed by atoms with E-state index in [-0.39, 0.29) is 5.69 Å². The van der Waals surface area contributed by atoms with Crippen molar-refractivity contribution in [3.05, 3.63) is 27.5 Å². The van der Waals surface area contributed by atoms with E-state index >= 15 is 0 Å². The largest absolute Gasteiger partial charge is 0.348 e. The molecular weight excluding hydrogens is 252 g/mol. The van der Waals surface area contributed by atoms with Crippen molar-refractivity contribution < 1.29 is 17.2 Å². The zero-order valence-electron chi connectivity index (χ0n) is 7.42. The summed E-state index contributed by atoms with van der Waals surface area (Å²) in [5, 5.41) is -0.587. The fraction of sp³-hybridized carbons (Fsp3) is 0.286. The van der Waals surface area contributed by atoms with Gasteiger partial charge in [0.1, 0.15) is 0 Å². The number of alkyl halides is 2. The Bertz CT molecular complexity index is 538. The second kappa shape index (κ2) is 3.90. The number of aryl methyl sites for hydroxylation is 1. The summed E-state index contributed by atoms with van der Waals surface area (Å²) in [6, 6.07) is 0.539. The molecule has 0 aromatic carbocycles. The maximum atomic E-state index is 12.3. The van der Waals surface area contributed by atoms with Crippen LogP contribution in [0.2, 0.25) is 0 Å². The molecule has 4 nitrogen and oxygen atoms in total. The molecule has 0 aliphatic heterocycles. The molecule has 8 heteroatoms. The van der Waals surface area contributed by atoms with Gasteiger partial charge in [-0.25, -0.2) is 17.2 Å². The summed E-state index contributed by atoms with van der Waals surface area (Å²) in [7, 11) is 0.830. The number of pyridine rings is 1. The van der Waals surface area contributed by atoms with Gasteiger partial charge in [0.15, 0.2) is 10.5 Å². The predicted molar refractivity (Wildman–Crippen MR) is 49.8 cm³/mol. The number of nitrogens with one attached hydrogen (secondary N) is 1. The Labute approximate surface area is 88.3 Å². The lowest BCUT2D eigenvalue weighted by molar-refractivity contribution is 0.148. The minimum atomic E-state index is -4.12. The Balaban J connectivity index is 3.53. The van der Waals surface area contributed by atoms with Gasteiger partial charge in [-0.15, -0.1) is 0 Å². The normalized spacial score (nSPS) is 12.1. The van der Waals surface area contributed by atoms with Crippen molar-refractivity contribution in [1.82, 2.24) is 4.98 Å². The molecule has 0 atom stereocenters. The van der Waals surface area contributed by atoms with Gasteiger partial charge in [0.25, 0.3) is 15.5 Å². The molecule has 1 heterocycles. The zero-order valence-corrected chi connectivity index (χ0v) is 8.99. The Hall–Kier alpha value is -0.950. The second-order valence-corrected chi connectivity index (χ2v) is 5.31. The van der Waals surface area contributed by atoms with Crippen LogP contribution >= 0.6 is 10.7 Å². The van der Waals surface area contributed by atoms with E-state index in [9.17, 15) is 22.0 Å². The molecule has 0 radical (unpaired) electrons. The molecule has 1 aromatic heterocycles. The van der Waals surface area contributed by atoms with Crippen molar-refractivity contribution in [2.45, 2.75) is 18.4 Å². The van der Waals surface area contributed by atoms with E-state index < -0.39 is 31.5 Å². The van der Waals surface area contributed by atoms with Crippen molar-refractivity contribution in [3.8, 4) is 0 Å². The fourth-order valence-corrected chi connectivity index (χ4v) is 1.84. The van der Waals surface area contributed by atoms with Crippen LogP contribution in [0.4, 0.5) is 8.78 Å². The lowest BCUT2D eigenvalue weighted by Gasteiger charge is -2.05. The van der Waals surface area contributed by atoms with E-state index in [1.807, 2.05) is 0 Å². The molecule has 0 saturated heterocycles. The monoisotopic (exact) mass is 257 g/mol. The third-order valence-corrected chi connectivity index (χ3v) is 2.97. The van der Waals surface area contributed by atoms with E-state index in [4.69, 9.17) is 10.7 Å². The summed E-state index contributed by atoms with van der Waals surface area (Å²) in [5.74, 6) is 0. The van der Waals surface area contributed by atoms with E-state index in [0.717, 1.165) is 0 Å². The minimum absolute atomic E-state index is 0.211. The summed E-state index contributed by atoms with van der Waals surface area (Å²) >= 11 is 0. The Morgan fingerprint density at radius 2 is 2.00 bits per heavy atom. The van der Waals surface area contributed by atoms with Gasteiger partial charge in [0.05, 0.1) is 5.56 Å². The number of halogens is 3. The summed E-state index contributed by atoms with van der Waals surface area (Å²) in [6.07, 6.45) is -2.96. The fourth-order valence-electron chi connectivity index (χ4n) is 1.07. The summed E-state index contributed by atoms with van der Waals surface area (Å²) in [5.41, 5.74) is -2.02. The Kier molecular flexibility index (Phi) is 3.15. The average Bonchev–Trinajstić information content (AvgIpc) is 1.99. The SMILES string of the molecule is Cc1[nH]c(S(=O)(=O)Cl)cc(=O)c1C(F)F. The van der Waals surface area contributed by atoms with Crippen molar-refractivity contribution in [2.24, 2.45) is 0 Å². The van der Waals surface area contributed by atoms with E-state index in [1.54, 1.807) is 0 Å². The van der Waals surface area contributed by atoms with Crippen LogP contribution in [0, 0.1) is 6.92 Å².